The topological polar surface area (TPSA) is 51.2 Å². The van der Waals surface area contributed by atoms with Gasteiger partial charge in [0.05, 0.1) is 22.8 Å². The maximum Gasteiger partial charge on any atom is 0.281 e. The molecule has 0 saturated carbocycles. The normalized spacial score (nSPS) is 17.1. The number of rotatable bonds is 3. The van der Waals surface area contributed by atoms with Crippen LogP contribution in [0.2, 0.25) is 10.0 Å². The minimum Gasteiger partial charge on any atom is -0.493 e. The number of benzene rings is 2. The van der Waals surface area contributed by atoms with Gasteiger partial charge >= 0.3 is 0 Å². The molecule has 0 aromatic heterocycles. The molecule has 0 unspecified atom stereocenters. The molecular formula is C19H14Cl2N2O4S. The molecule has 1 saturated heterocycles. The third-order valence-electron chi connectivity index (χ3n) is 4.41. The second kappa shape index (κ2) is 7.16. The summed E-state index contributed by atoms with van der Waals surface area (Å²) >= 11 is 17.5. The van der Waals surface area contributed by atoms with Crippen molar-refractivity contribution in [2.24, 2.45) is 0 Å². The number of fused-ring (bicyclic) bond motifs is 1. The highest BCUT2D eigenvalue weighted by Gasteiger charge is 2.37. The number of methoxy groups -OCH3 is 1. The first-order valence-corrected chi connectivity index (χ1v) is 9.33. The minimum absolute atomic E-state index is 0.125. The summed E-state index contributed by atoms with van der Waals surface area (Å²) in [6.07, 6.45) is 1.72. The molecule has 144 valence electrons. The lowest BCUT2D eigenvalue weighted by Crippen LogP contribution is -2.31. The van der Waals surface area contributed by atoms with Gasteiger partial charge in [-0.15, -0.1) is 0 Å². The lowest BCUT2D eigenvalue weighted by atomic mass is 10.1. The summed E-state index contributed by atoms with van der Waals surface area (Å²) in [5.74, 6) is 1.35. The Morgan fingerprint density at radius 3 is 2.68 bits per heavy atom. The van der Waals surface area contributed by atoms with Crippen molar-refractivity contribution in [3.63, 3.8) is 0 Å². The van der Waals surface area contributed by atoms with Crippen molar-refractivity contribution in [3.05, 3.63) is 51.6 Å². The minimum atomic E-state index is -0.275. The van der Waals surface area contributed by atoms with E-state index in [4.69, 9.17) is 49.6 Å². The Bertz CT molecular complexity index is 1040. The molecule has 4 rings (SSSR count). The molecule has 1 fully saturated rings. The number of carbonyl (C=O) groups is 1. The number of carbonyl (C=O) groups excluding carboxylic acids is 1. The van der Waals surface area contributed by atoms with Gasteiger partial charge in [-0.1, -0.05) is 23.2 Å². The average Bonchev–Trinajstić information content (AvgIpc) is 3.23. The van der Waals surface area contributed by atoms with Crippen LogP contribution in [0.3, 0.4) is 0 Å². The molecule has 2 aromatic rings. The van der Waals surface area contributed by atoms with Crippen LogP contribution < -0.4 is 19.1 Å². The molecule has 0 N–H and O–H groups in total. The molecule has 1 amide bonds. The monoisotopic (exact) mass is 436 g/mol. The van der Waals surface area contributed by atoms with Gasteiger partial charge in [-0.25, -0.2) is 0 Å². The van der Waals surface area contributed by atoms with Crippen molar-refractivity contribution < 1.29 is 19.0 Å². The number of amides is 1. The second-order valence-electron chi connectivity index (χ2n) is 6.07. The van der Waals surface area contributed by atoms with Gasteiger partial charge < -0.3 is 19.1 Å². The fraction of sp³-hybridized carbons (Fsp3) is 0.158. The Labute approximate surface area is 176 Å². The molecule has 9 heteroatoms. The lowest BCUT2D eigenvalue weighted by Gasteiger charge is -2.16. The quantitative estimate of drug-likeness (QED) is 0.526. The highest BCUT2D eigenvalue weighted by molar-refractivity contribution is 7.80. The molecule has 0 radical (unpaired) electrons. The molecule has 6 nitrogen and oxygen atoms in total. The summed E-state index contributed by atoms with van der Waals surface area (Å²) in [5, 5.41) is 1.08. The highest BCUT2D eigenvalue weighted by Crippen LogP contribution is 2.42. The number of hydrogen-bond donors (Lipinski definition) is 0. The van der Waals surface area contributed by atoms with E-state index >= 15 is 0 Å². The Morgan fingerprint density at radius 1 is 1.18 bits per heavy atom. The van der Waals surface area contributed by atoms with Crippen LogP contribution in [-0.2, 0) is 4.79 Å². The molecular weight excluding hydrogens is 423 g/mol. The number of halogens is 2. The number of ether oxygens (including phenoxy) is 3. The van der Waals surface area contributed by atoms with Crippen LogP contribution in [0.25, 0.3) is 6.08 Å². The first-order chi connectivity index (χ1) is 13.4. The number of anilines is 1. The van der Waals surface area contributed by atoms with E-state index in [1.54, 1.807) is 55.5 Å². The Morgan fingerprint density at radius 2 is 1.96 bits per heavy atom. The van der Waals surface area contributed by atoms with E-state index in [1.165, 1.54) is 4.90 Å². The van der Waals surface area contributed by atoms with Crippen LogP contribution in [0.1, 0.15) is 5.56 Å². The van der Waals surface area contributed by atoms with Crippen molar-refractivity contribution in [1.82, 2.24) is 4.90 Å². The zero-order valence-electron chi connectivity index (χ0n) is 14.9. The average molecular weight is 437 g/mol. The van der Waals surface area contributed by atoms with Crippen molar-refractivity contribution in [3.8, 4) is 17.2 Å². The predicted octanol–water partition coefficient (Wildman–Crippen LogP) is 4.34. The van der Waals surface area contributed by atoms with Gasteiger partial charge in [0.1, 0.15) is 5.70 Å². The van der Waals surface area contributed by atoms with E-state index in [1.807, 2.05) is 0 Å². The zero-order valence-corrected chi connectivity index (χ0v) is 17.2. The molecule has 2 aliphatic heterocycles. The largest absolute Gasteiger partial charge is 0.493 e. The van der Waals surface area contributed by atoms with Gasteiger partial charge in [0.15, 0.2) is 16.6 Å². The number of likely N-dealkylation sites (N-methyl/N-ethyl adjacent to an activating group) is 1. The predicted molar refractivity (Wildman–Crippen MR) is 111 cm³/mol. The van der Waals surface area contributed by atoms with Gasteiger partial charge in [0.2, 0.25) is 12.5 Å². The summed E-state index contributed by atoms with van der Waals surface area (Å²) < 4.78 is 16.2. The van der Waals surface area contributed by atoms with E-state index in [2.05, 4.69) is 0 Å². The molecule has 2 aromatic carbocycles. The first kappa shape index (κ1) is 18.9. The van der Waals surface area contributed by atoms with Gasteiger partial charge in [0, 0.05) is 7.05 Å². The molecule has 0 spiro atoms. The Balaban J connectivity index is 1.74. The summed E-state index contributed by atoms with van der Waals surface area (Å²) in [4.78, 5) is 16.1. The Hall–Kier alpha value is -2.48. The Kier molecular flexibility index (Phi) is 4.82. The van der Waals surface area contributed by atoms with Crippen LogP contribution in [-0.4, -0.2) is 36.9 Å². The summed E-state index contributed by atoms with van der Waals surface area (Å²) in [5.41, 5.74) is 1.66. The fourth-order valence-corrected chi connectivity index (χ4v) is 3.58. The van der Waals surface area contributed by atoms with E-state index < -0.39 is 0 Å². The van der Waals surface area contributed by atoms with Crippen LogP contribution in [0.15, 0.2) is 36.0 Å². The molecule has 28 heavy (non-hydrogen) atoms. The molecule has 2 heterocycles. The second-order valence-corrected chi connectivity index (χ2v) is 7.25. The zero-order chi connectivity index (χ0) is 20.0. The lowest BCUT2D eigenvalue weighted by molar-refractivity contribution is -0.114. The SMILES string of the molecule is COc1cc(/C=C2\C(=O)N(c3ccc(Cl)c(Cl)c3)C(=S)N2C)cc2c1OCO2. The summed E-state index contributed by atoms with van der Waals surface area (Å²) in [6.45, 7) is 0.125. The number of nitrogens with zero attached hydrogens (tertiary/aromatic N) is 2. The molecule has 0 atom stereocenters. The fourth-order valence-electron chi connectivity index (χ4n) is 3.00. The number of thiocarbonyl (C=S) groups is 1. The van der Waals surface area contributed by atoms with Gasteiger partial charge in [-0.2, -0.15) is 0 Å². The van der Waals surface area contributed by atoms with Crippen LogP contribution in [0.5, 0.6) is 17.2 Å². The van der Waals surface area contributed by atoms with E-state index in [0.29, 0.717) is 43.8 Å². The number of hydrogen-bond acceptors (Lipinski definition) is 5. The van der Waals surface area contributed by atoms with Gasteiger partial charge in [0.25, 0.3) is 5.91 Å². The van der Waals surface area contributed by atoms with Gasteiger partial charge in [-0.05, 0) is 54.2 Å². The van der Waals surface area contributed by atoms with E-state index in [-0.39, 0.29) is 12.7 Å². The summed E-state index contributed by atoms with van der Waals surface area (Å²) in [6, 6.07) is 8.48. The van der Waals surface area contributed by atoms with E-state index in [0.717, 1.165) is 5.56 Å². The van der Waals surface area contributed by atoms with Gasteiger partial charge in [-0.3, -0.25) is 9.69 Å². The van der Waals surface area contributed by atoms with Crippen LogP contribution >= 0.6 is 35.4 Å². The molecule has 0 aliphatic carbocycles. The highest BCUT2D eigenvalue weighted by atomic mass is 35.5. The standard InChI is InChI=1S/C19H14Cl2N2O4S/c1-22-14(5-10-6-15(25-2)17-16(7-10)26-9-27-17)18(24)23(19(22)28)11-3-4-12(20)13(21)8-11/h3-8H,9H2,1-2H3/b14-5+. The summed E-state index contributed by atoms with van der Waals surface area (Å²) in [7, 11) is 3.27. The third kappa shape index (κ3) is 3.05. The van der Waals surface area contributed by atoms with Crippen LogP contribution in [0.4, 0.5) is 5.69 Å². The van der Waals surface area contributed by atoms with Crippen molar-refractivity contribution >= 4 is 58.2 Å². The molecule has 0 bridgehead atoms. The third-order valence-corrected chi connectivity index (χ3v) is 5.60. The maximum absolute atomic E-state index is 13.1. The van der Waals surface area contributed by atoms with Crippen LogP contribution in [0, 0.1) is 0 Å². The van der Waals surface area contributed by atoms with Crippen molar-refractivity contribution in [2.75, 3.05) is 25.9 Å². The molecule has 2 aliphatic rings. The van der Waals surface area contributed by atoms with E-state index in [9.17, 15) is 4.79 Å². The maximum atomic E-state index is 13.1. The van der Waals surface area contributed by atoms with Crippen molar-refractivity contribution in [2.45, 2.75) is 0 Å². The smallest absolute Gasteiger partial charge is 0.281 e. The first-order valence-electron chi connectivity index (χ1n) is 8.17. The van der Waals surface area contributed by atoms with Crippen molar-refractivity contribution in [1.29, 1.82) is 0 Å².